The molecule has 2 amide bonds. The minimum Gasteiger partial charge on any atom is -0.342 e. The first-order valence-electron chi connectivity index (χ1n) is 7.24. The van der Waals surface area contributed by atoms with E-state index in [9.17, 15) is 9.59 Å². The first-order valence-corrected chi connectivity index (χ1v) is 7.24. The number of rotatable bonds is 3. The number of nitrogens with one attached hydrogen (secondary N) is 1. The van der Waals surface area contributed by atoms with E-state index in [0.717, 1.165) is 18.4 Å². The highest BCUT2D eigenvalue weighted by molar-refractivity contribution is 5.93. The Labute approximate surface area is 119 Å². The van der Waals surface area contributed by atoms with Crippen molar-refractivity contribution in [1.82, 2.24) is 10.2 Å². The van der Waals surface area contributed by atoms with Crippen molar-refractivity contribution in [3.05, 3.63) is 35.9 Å². The van der Waals surface area contributed by atoms with Crippen LogP contribution in [0, 0.1) is 5.92 Å². The molecule has 0 bridgehead atoms. The van der Waals surface area contributed by atoms with Crippen molar-refractivity contribution in [3.63, 3.8) is 0 Å². The van der Waals surface area contributed by atoms with Crippen molar-refractivity contribution in [3.8, 4) is 0 Å². The Balaban J connectivity index is 1.83. The molecule has 1 saturated carbocycles. The lowest BCUT2D eigenvalue weighted by Crippen LogP contribution is -2.56. The van der Waals surface area contributed by atoms with Gasteiger partial charge >= 0.3 is 0 Å². The molecule has 1 saturated heterocycles. The highest BCUT2D eigenvalue weighted by Gasteiger charge is 2.50. The van der Waals surface area contributed by atoms with Crippen molar-refractivity contribution in [2.24, 2.45) is 5.92 Å². The van der Waals surface area contributed by atoms with Crippen molar-refractivity contribution >= 4 is 11.8 Å². The highest BCUT2D eigenvalue weighted by Crippen LogP contribution is 2.41. The third kappa shape index (κ3) is 2.42. The molecule has 0 radical (unpaired) electrons. The SMILES string of the molecule is CC1(C2CC2)NC(=O)CCN(Cc2ccccc2)C1=O. The third-order valence-corrected chi connectivity index (χ3v) is 4.35. The molecule has 1 aromatic rings. The van der Waals surface area contributed by atoms with Crippen LogP contribution in [-0.4, -0.2) is 28.8 Å². The van der Waals surface area contributed by atoms with E-state index in [-0.39, 0.29) is 11.8 Å². The van der Waals surface area contributed by atoms with Crippen LogP contribution in [-0.2, 0) is 16.1 Å². The van der Waals surface area contributed by atoms with Gasteiger partial charge in [0.15, 0.2) is 0 Å². The molecule has 1 aliphatic heterocycles. The molecule has 106 valence electrons. The van der Waals surface area contributed by atoms with E-state index in [1.807, 2.05) is 42.2 Å². The van der Waals surface area contributed by atoms with Gasteiger partial charge in [-0.15, -0.1) is 0 Å². The van der Waals surface area contributed by atoms with Crippen LogP contribution < -0.4 is 5.32 Å². The minimum absolute atomic E-state index is 0.0108. The second kappa shape index (κ2) is 4.93. The molecule has 1 atom stereocenters. The Morgan fingerprint density at radius 3 is 2.60 bits per heavy atom. The minimum atomic E-state index is -0.706. The van der Waals surface area contributed by atoms with Crippen LogP contribution in [0.5, 0.6) is 0 Å². The number of benzene rings is 1. The summed E-state index contributed by atoms with van der Waals surface area (Å²) in [6.45, 7) is 2.97. The van der Waals surface area contributed by atoms with Gasteiger partial charge in [0.25, 0.3) is 0 Å². The van der Waals surface area contributed by atoms with Crippen molar-refractivity contribution in [2.45, 2.75) is 38.3 Å². The lowest BCUT2D eigenvalue weighted by molar-refractivity contribution is -0.139. The quantitative estimate of drug-likeness (QED) is 0.910. The number of nitrogens with zero attached hydrogens (tertiary/aromatic N) is 1. The lowest BCUT2D eigenvalue weighted by Gasteiger charge is -2.32. The second-order valence-corrected chi connectivity index (χ2v) is 5.99. The van der Waals surface area contributed by atoms with Crippen LogP contribution in [0.25, 0.3) is 0 Å². The molecule has 1 N–H and O–H groups in total. The van der Waals surface area contributed by atoms with E-state index < -0.39 is 5.54 Å². The Morgan fingerprint density at radius 1 is 1.25 bits per heavy atom. The molecule has 1 aromatic carbocycles. The summed E-state index contributed by atoms with van der Waals surface area (Å²) >= 11 is 0. The first kappa shape index (κ1) is 13.2. The summed E-state index contributed by atoms with van der Waals surface area (Å²) in [6.07, 6.45) is 2.45. The third-order valence-electron chi connectivity index (χ3n) is 4.35. The van der Waals surface area contributed by atoms with Gasteiger partial charge in [-0.1, -0.05) is 30.3 Å². The van der Waals surface area contributed by atoms with E-state index in [1.54, 1.807) is 0 Å². The van der Waals surface area contributed by atoms with Crippen LogP contribution >= 0.6 is 0 Å². The molecule has 20 heavy (non-hydrogen) atoms. The monoisotopic (exact) mass is 272 g/mol. The second-order valence-electron chi connectivity index (χ2n) is 5.99. The van der Waals surface area contributed by atoms with E-state index in [4.69, 9.17) is 0 Å². The zero-order valence-electron chi connectivity index (χ0n) is 11.8. The fourth-order valence-corrected chi connectivity index (χ4v) is 2.96. The Hall–Kier alpha value is -1.84. The molecule has 2 aliphatic rings. The number of amides is 2. The predicted octanol–water partition coefficient (Wildman–Crippen LogP) is 1.70. The molecule has 0 spiro atoms. The molecule has 3 rings (SSSR count). The summed E-state index contributed by atoms with van der Waals surface area (Å²) in [5.41, 5.74) is 0.399. The van der Waals surface area contributed by atoms with Crippen molar-refractivity contribution < 1.29 is 9.59 Å². The summed E-state index contributed by atoms with van der Waals surface area (Å²) in [5, 5.41) is 2.95. The Morgan fingerprint density at radius 2 is 1.95 bits per heavy atom. The van der Waals surface area contributed by atoms with Crippen LogP contribution in [0.1, 0.15) is 31.7 Å². The van der Waals surface area contributed by atoms with Crippen LogP contribution in [0.3, 0.4) is 0 Å². The largest absolute Gasteiger partial charge is 0.342 e. The molecule has 1 heterocycles. The van der Waals surface area contributed by atoms with Gasteiger partial charge < -0.3 is 10.2 Å². The standard InChI is InChI=1S/C16H20N2O2/c1-16(13-7-8-13)15(20)18(10-9-14(19)17-16)11-12-5-3-2-4-6-12/h2-6,13H,7-11H2,1H3,(H,17,19). The topological polar surface area (TPSA) is 49.4 Å². The van der Waals surface area contributed by atoms with Crippen LogP contribution in [0.4, 0.5) is 0 Å². The maximum absolute atomic E-state index is 12.8. The van der Waals surface area contributed by atoms with Crippen molar-refractivity contribution in [2.75, 3.05) is 6.54 Å². The molecule has 4 heteroatoms. The number of carbonyl (C=O) groups is 2. The smallest absolute Gasteiger partial charge is 0.248 e. The average Bonchev–Trinajstić information content (AvgIpc) is 3.28. The van der Waals surface area contributed by atoms with E-state index in [1.165, 1.54) is 0 Å². The zero-order chi connectivity index (χ0) is 14.2. The van der Waals surface area contributed by atoms with Gasteiger partial charge in [-0.2, -0.15) is 0 Å². The molecule has 2 fully saturated rings. The number of carbonyl (C=O) groups excluding carboxylic acids is 2. The van der Waals surface area contributed by atoms with Gasteiger partial charge in [-0.3, -0.25) is 9.59 Å². The van der Waals surface area contributed by atoms with E-state index in [2.05, 4.69) is 5.32 Å². The normalized spacial score (nSPS) is 27.1. The summed E-state index contributed by atoms with van der Waals surface area (Å²) in [6, 6.07) is 9.94. The number of hydrogen-bond donors (Lipinski definition) is 1. The van der Waals surface area contributed by atoms with Gasteiger partial charge in [-0.25, -0.2) is 0 Å². The lowest BCUT2D eigenvalue weighted by atomic mass is 9.94. The van der Waals surface area contributed by atoms with E-state index in [0.29, 0.717) is 25.4 Å². The number of hydrogen-bond acceptors (Lipinski definition) is 2. The summed E-state index contributed by atoms with van der Waals surface area (Å²) in [5.74, 6) is 0.355. The molecule has 1 aliphatic carbocycles. The average molecular weight is 272 g/mol. The molecule has 4 nitrogen and oxygen atoms in total. The Kier molecular flexibility index (Phi) is 3.24. The molecule has 1 unspecified atom stereocenters. The van der Waals surface area contributed by atoms with Crippen molar-refractivity contribution in [1.29, 1.82) is 0 Å². The molecular weight excluding hydrogens is 252 g/mol. The van der Waals surface area contributed by atoms with Gasteiger partial charge in [-0.05, 0) is 31.2 Å². The van der Waals surface area contributed by atoms with Gasteiger partial charge in [0, 0.05) is 19.5 Å². The summed E-state index contributed by atoms with van der Waals surface area (Å²) in [4.78, 5) is 26.5. The fraction of sp³-hybridized carbons (Fsp3) is 0.500. The molecular formula is C16H20N2O2. The predicted molar refractivity (Wildman–Crippen MR) is 75.7 cm³/mol. The summed E-state index contributed by atoms with van der Waals surface area (Å²) in [7, 11) is 0. The highest BCUT2D eigenvalue weighted by atomic mass is 16.2. The maximum atomic E-state index is 12.8. The van der Waals surface area contributed by atoms with Gasteiger partial charge in [0.05, 0.1) is 0 Å². The van der Waals surface area contributed by atoms with Crippen LogP contribution in [0.15, 0.2) is 30.3 Å². The van der Waals surface area contributed by atoms with Gasteiger partial charge in [0.2, 0.25) is 11.8 Å². The van der Waals surface area contributed by atoms with E-state index >= 15 is 0 Å². The first-order chi connectivity index (χ1) is 9.59. The summed E-state index contributed by atoms with van der Waals surface area (Å²) < 4.78 is 0. The zero-order valence-corrected chi connectivity index (χ0v) is 11.8. The van der Waals surface area contributed by atoms with Crippen LogP contribution in [0.2, 0.25) is 0 Å². The maximum Gasteiger partial charge on any atom is 0.248 e. The molecule has 0 aromatic heterocycles. The fourth-order valence-electron chi connectivity index (χ4n) is 2.96. The Bertz CT molecular complexity index is 525. The van der Waals surface area contributed by atoms with Gasteiger partial charge in [0.1, 0.15) is 5.54 Å².